The van der Waals surface area contributed by atoms with Crippen LogP contribution in [0.1, 0.15) is 194 Å². The lowest BCUT2D eigenvalue weighted by Gasteiger charge is -2.23. The first-order valence-corrected chi connectivity index (χ1v) is 19.0. The molecule has 0 rings (SSSR count). The Morgan fingerprint density at radius 1 is 0.500 bits per heavy atom. The lowest BCUT2D eigenvalue weighted by atomic mass is 10.1. The van der Waals surface area contributed by atoms with Crippen LogP contribution in [0, 0.1) is 0 Å². The highest BCUT2D eigenvalue weighted by molar-refractivity contribution is 5.95. The van der Waals surface area contributed by atoms with Gasteiger partial charge in [-0.3, -0.25) is 14.5 Å². The predicted molar refractivity (Wildman–Crippen MR) is 189 cm³/mol. The van der Waals surface area contributed by atoms with Crippen molar-refractivity contribution in [3.8, 4) is 0 Å². The molecule has 0 aliphatic heterocycles. The summed E-state index contributed by atoms with van der Waals surface area (Å²) in [5.41, 5.74) is 0. The van der Waals surface area contributed by atoms with Crippen molar-refractivity contribution in [2.45, 2.75) is 200 Å². The number of amides is 2. The molecule has 2 amide bonds. The second-order valence-electron chi connectivity index (χ2n) is 12.9. The molecule has 0 saturated carbocycles. The zero-order valence-corrected chi connectivity index (χ0v) is 29.3. The van der Waals surface area contributed by atoms with Crippen LogP contribution in [-0.2, 0) is 9.59 Å². The molecular weight excluding hydrogens is 546 g/mol. The summed E-state index contributed by atoms with van der Waals surface area (Å²) < 4.78 is 0. The first-order valence-electron chi connectivity index (χ1n) is 19.0. The summed E-state index contributed by atoms with van der Waals surface area (Å²) in [5, 5.41) is 19.2. The molecule has 5 heteroatoms. The van der Waals surface area contributed by atoms with E-state index in [1.165, 1.54) is 108 Å². The van der Waals surface area contributed by atoms with E-state index < -0.39 is 12.7 Å². The Kier molecular flexibility index (Phi) is 33.3. The van der Waals surface area contributed by atoms with Gasteiger partial charge in [0.2, 0.25) is 11.8 Å². The zero-order valence-electron chi connectivity index (χ0n) is 29.3. The third kappa shape index (κ3) is 29.3. The van der Waals surface area contributed by atoms with Crippen LogP contribution >= 0.6 is 0 Å². The van der Waals surface area contributed by atoms with Gasteiger partial charge < -0.3 is 10.2 Å². The van der Waals surface area contributed by atoms with E-state index in [0.717, 1.165) is 64.2 Å². The number of carbonyl (C=O) groups excluding carboxylic acids is 2. The van der Waals surface area contributed by atoms with Gasteiger partial charge in [-0.05, 0) is 64.2 Å². The highest BCUT2D eigenvalue weighted by Gasteiger charge is 2.23. The summed E-state index contributed by atoms with van der Waals surface area (Å²) in [4.78, 5) is 26.9. The fourth-order valence-corrected chi connectivity index (χ4v) is 5.58. The van der Waals surface area contributed by atoms with Gasteiger partial charge in [-0.2, -0.15) is 0 Å². The van der Waals surface area contributed by atoms with Gasteiger partial charge in [-0.1, -0.05) is 141 Å². The fraction of sp³-hybridized carbons (Fsp3) is 0.846. The minimum atomic E-state index is -1.08. The van der Waals surface area contributed by atoms with Crippen LogP contribution in [0.5, 0.6) is 0 Å². The zero-order chi connectivity index (χ0) is 32.4. The molecule has 0 aliphatic carbocycles. The van der Waals surface area contributed by atoms with Crippen LogP contribution in [0.15, 0.2) is 24.3 Å². The van der Waals surface area contributed by atoms with Gasteiger partial charge in [0, 0.05) is 12.8 Å². The van der Waals surface area contributed by atoms with E-state index in [0.29, 0.717) is 12.8 Å². The Bertz CT molecular complexity index is 638. The molecule has 0 aromatic heterocycles. The van der Waals surface area contributed by atoms with Crippen LogP contribution in [-0.4, -0.2) is 46.2 Å². The van der Waals surface area contributed by atoms with E-state index in [1.807, 2.05) is 0 Å². The van der Waals surface area contributed by atoms with Gasteiger partial charge >= 0.3 is 0 Å². The molecule has 2 N–H and O–H groups in total. The standard InChI is InChI=1S/C39H73NO4/c1-3-5-7-9-11-13-15-17-19-21-23-25-27-29-31-33-38(43)40(35-37(42)36-41)39(44)34-32-30-28-26-24-22-20-18-16-14-12-10-8-6-4-2/h17-20,37,41-42H,3-16,21-36H2,1-2H3. The van der Waals surface area contributed by atoms with Crippen LogP contribution in [0.25, 0.3) is 0 Å². The third-order valence-corrected chi connectivity index (χ3v) is 8.51. The third-order valence-electron chi connectivity index (χ3n) is 8.51. The molecular formula is C39H73NO4. The number of aliphatic hydroxyl groups excluding tert-OH is 2. The fourth-order valence-electron chi connectivity index (χ4n) is 5.58. The molecule has 0 aliphatic rings. The maximum atomic E-state index is 12.8. The smallest absolute Gasteiger partial charge is 0.229 e. The van der Waals surface area contributed by atoms with E-state index >= 15 is 0 Å². The van der Waals surface area contributed by atoms with E-state index in [9.17, 15) is 19.8 Å². The van der Waals surface area contributed by atoms with Crippen molar-refractivity contribution in [2.75, 3.05) is 13.2 Å². The molecule has 0 bridgehead atoms. The Labute approximate surface area is 273 Å². The second-order valence-corrected chi connectivity index (χ2v) is 12.9. The number of nitrogens with zero attached hydrogens (tertiary/aromatic N) is 1. The Hall–Kier alpha value is -1.46. The van der Waals surface area contributed by atoms with Crippen molar-refractivity contribution in [3.05, 3.63) is 24.3 Å². The van der Waals surface area contributed by atoms with E-state index in [1.54, 1.807) is 0 Å². The molecule has 5 nitrogen and oxygen atoms in total. The molecule has 0 aromatic rings. The first-order chi connectivity index (χ1) is 21.6. The topological polar surface area (TPSA) is 77.8 Å². The number of imide groups is 1. The number of rotatable bonds is 33. The number of hydrogen-bond donors (Lipinski definition) is 2. The first kappa shape index (κ1) is 42.5. The maximum Gasteiger partial charge on any atom is 0.229 e. The summed E-state index contributed by atoms with van der Waals surface area (Å²) in [7, 11) is 0. The van der Waals surface area contributed by atoms with Crippen LogP contribution < -0.4 is 0 Å². The Morgan fingerprint density at radius 2 is 0.795 bits per heavy atom. The largest absolute Gasteiger partial charge is 0.394 e. The molecule has 1 unspecified atom stereocenters. The SMILES string of the molecule is CCCCCCCCC=CCCCCCCCC(=O)N(CC(O)CO)C(=O)CCCCCCCC=CCCCCCCCC. The quantitative estimate of drug-likeness (QED) is 0.0566. The Balaban J connectivity index is 3.95. The van der Waals surface area contributed by atoms with Gasteiger partial charge in [0.1, 0.15) is 0 Å². The highest BCUT2D eigenvalue weighted by Crippen LogP contribution is 2.14. The number of carbonyl (C=O) groups is 2. The summed E-state index contributed by atoms with van der Waals surface area (Å²) in [6.45, 7) is 3.96. The number of allylic oxidation sites excluding steroid dienone is 4. The van der Waals surface area contributed by atoms with Gasteiger partial charge in [-0.15, -0.1) is 0 Å². The molecule has 0 heterocycles. The van der Waals surface area contributed by atoms with Gasteiger partial charge in [0.25, 0.3) is 0 Å². The van der Waals surface area contributed by atoms with Crippen molar-refractivity contribution in [1.82, 2.24) is 4.90 Å². The van der Waals surface area contributed by atoms with E-state index in [2.05, 4.69) is 38.2 Å². The number of unbranched alkanes of at least 4 members (excludes halogenated alkanes) is 22. The van der Waals surface area contributed by atoms with E-state index in [4.69, 9.17) is 0 Å². The molecule has 0 radical (unpaired) electrons. The van der Waals surface area contributed by atoms with E-state index in [-0.39, 0.29) is 18.4 Å². The molecule has 0 aromatic carbocycles. The van der Waals surface area contributed by atoms with Crippen molar-refractivity contribution < 1.29 is 19.8 Å². The second kappa shape index (κ2) is 34.4. The lowest BCUT2D eigenvalue weighted by molar-refractivity contribution is -0.147. The van der Waals surface area contributed by atoms with Crippen LogP contribution in [0.4, 0.5) is 0 Å². The molecule has 258 valence electrons. The molecule has 44 heavy (non-hydrogen) atoms. The highest BCUT2D eigenvalue weighted by atomic mass is 16.3. The van der Waals surface area contributed by atoms with Gasteiger partial charge in [-0.25, -0.2) is 0 Å². The monoisotopic (exact) mass is 620 g/mol. The van der Waals surface area contributed by atoms with Gasteiger partial charge in [0.05, 0.1) is 19.3 Å². The Morgan fingerprint density at radius 3 is 1.11 bits per heavy atom. The van der Waals surface area contributed by atoms with Crippen LogP contribution in [0.3, 0.4) is 0 Å². The summed E-state index contributed by atoms with van der Waals surface area (Å²) in [5.74, 6) is -0.430. The average molecular weight is 620 g/mol. The van der Waals surface area contributed by atoms with Crippen molar-refractivity contribution in [3.63, 3.8) is 0 Å². The summed E-state index contributed by atoms with van der Waals surface area (Å²) >= 11 is 0. The van der Waals surface area contributed by atoms with Crippen molar-refractivity contribution in [1.29, 1.82) is 0 Å². The molecule has 0 fully saturated rings. The van der Waals surface area contributed by atoms with Crippen molar-refractivity contribution in [2.24, 2.45) is 0 Å². The molecule has 1 atom stereocenters. The maximum absolute atomic E-state index is 12.8. The van der Waals surface area contributed by atoms with Crippen molar-refractivity contribution >= 4 is 11.8 Å². The minimum absolute atomic E-state index is 0.107. The summed E-state index contributed by atoms with van der Waals surface area (Å²) in [6, 6.07) is 0. The van der Waals surface area contributed by atoms with Crippen LogP contribution in [0.2, 0.25) is 0 Å². The molecule has 0 saturated heterocycles. The van der Waals surface area contributed by atoms with Gasteiger partial charge in [0.15, 0.2) is 0 Å². The summed E-state index contributed by atoms with van der Waals surface area (Å²) in [6.07, 6.45) is 40.1. The lowest BCUT2D eigenvalue weighted by Crippen LogP contribution is -2.42. The predicted octanol–water partition coefficient (Wildman–Crippen LogP) is 10.8. The molecule has 0 spiro atoms. The average Bonchev–Trinajstić information content (AvgIpc) is 3.03. The number of hydrogen-bond acceptors (Lipinski definition) is 4. The normalized spacial score (nSPS) is 12.5. The minimum Gasteiger partial charge on any atom is -0.394 e. The number of aliphatic hydroxyl groups is 2.